The van der Waals surface area contributed by atoms with Crippen LogP contribution in [0.5, 0.6) is 0 Å². The van der Waals surface area contributed by atoms with E-state index in [4.69, 9.17) is 16.7 Å². The molecule has 2 N–H and O–H groups in total. The van der Waals surface area contributed by atoms with E-state index < -0.39 is 10.0 Å². The predicted octanol–water partition coefficient (Wildman–Crippen LogP) is 3.21. The fourth-order valence-electron chi connectivity index (χ4n) is 1.69. The second-order valence-corrected chi connectivity index (χ2v) is 6.57. The van der Waals surface area contributed by atoms with E-state index in [1.54, 1.807) is 31.2 Å². The van der Waals surface area contributed by atoms with Crippen LogP contribution in [0.25, 0.3) is 10.8 Å². The summed E-state index contributed by atoms with van der Waals surface area (Å²) in [4.78, 5) is 0.138. The molecule has 0 radical (unpaired) electrons. The summed E-state index contributed by atoms with van der Waals surface area (Å²) in [7, 11) is -3.70. The zero-order chi connectivity index (χ0) is 12.8. The van der Waals surface area contributed by atoms with Crippen LogP contribution in [0.1, 0.15) is 5.56 Å². The number of sulfonamides is 1. The van der Waals surface area contributed by atoms with Crippen LogP contribution in [0.2, 0.25) is 5.02 Å². The number of hydrogen-bond donors (Lipinski definition) is 1. The first-order chi connectivity index (χ1) is 7.79. The summed E-state index contributed by atoms with van der Waals surface area (Å²) in [5.41, 5.74) is 0.610. The third kappa shape index (κ3) is 2.47. The van der Waals surface area contributed by atoms with Gasteiger partial charge < -0.3 is 0 Å². The van der Waals surface area contributed by atoms with E-state index >= 15 is 0 Å². The standard InChI is InChI=1S/C11H9BrClNO2S/c1-6-2-7-4-10(13)9(12)3-8(7)5-11(6)17(14,15)16/h2-5H,1H3,(H2,14,15,16). The maximum Gasteiger partial charge on any atom is 0.238 e. The summed E-state index contributed by atoms with van der Waals surface area (Å²) in [6.07, 6.45) is 0. The number of benzene rings is 2. The molecule has 0 unspecified atom stereocenters. The number of halogens is 2. The molecule has 3 nitrogen and oxygen atoms in total. The lowest BCUT2D eigenvalue weighted by molar-refractivity contribution is 0.597. The molecule has 2 rings (SSSR count). The minimum Gasteiger partial charge on any atom is -0.225 e. The summed E-state index contributed by atoms with van der Waals surface area (Å²) in [6.45, 7) is 1.70. The van der Waals surface area contributed by atoms with Crippen LogP contribution in [0.4, 0.5) is 0 Å². The number of aryl methyl sites for hydroxylation is 1. The molecule has 6 heteroatoms. The molecule has 90 valence electrons. The lowest BCUT2D eigenvalue weighted by Gasteiger charge is -2.07. The molecule has 0 aliphatic rings. The van der Waals surface area contributed by atoms with Crippen molar-refractivity contribution in [2.24, 2.45) is 5.14 Å². The van der Waals surface area contributed by atoms with Crippen molar-refractivity contribution in [3.63, 3.8) is 0 Å². The maximum atomic E-state index is 11.4. The molecule has 0 spiro atoms. The van der Waals surface area contributed by atoms with Crippen molar-refractivity contribution in [2.75, 3.05) is 0 Å². The van der Waals surface area contributed by atoms with Gasteiger partial charge in [-0.05, 0) is 57.4 Å². The quantitative estimate of drug-likeness (QED) is 0.870. The van der Waals surface area contributed by atoms with Gasteiger partial charge in [0.15, 0.2) is 0 Å². The van der Waals surface area contributed by atoms with Crippen molar-refractivity contribution in [3.05, 3.63) is 39.3 Å². The Labute approximate surface area is 113 Å². The molecule has 0 amide bonds. The van der Waals surface area contributed by atoms with Crippen molar-refractivity contribution >= 4 is 48.3 Å². The van der Waals surface area contributed by atoms with E-state index in [9.17, 15) is 8.42 Å². The van der Waals surface area contributed by atoms with Gasteiger partial charge in [0.1, 0.15) is 0 Å². The van der Waals surface area contributed by atoms with Gasteiger partial charge in [0, 0.05) is 4.47 Å². The van der Waals surface area contributed by atoms with Crippen LogP contribution >= 0.6 is 27.5 Å². The Morgan fingerprint density at radius 1 is 1.18 bits per heavy atom. The molecule has 0 saturated carbocycles. The topological polar surface area (TPSA) is 60.2 Å². The summed E-state index contributed by atoms with van der Waals surface area (Å²) >= 11 is 9.28. The summed E-state index contributed by atoms with van der Waals surface area (Å²) in [5.74, 6) is 0. The zero-order valence-corrected chi connectivity index (χ0v) is 12.0. The van der Waals surface area contributed by atoms with Gasteiger partial charge in [-0.1, -0.05) is 17.7 Å². The lowest BCUT2D eigenvalue weighted by atomic mass is 10.1. The molecular formula is C11H9BrClNO2S. The number of nitrogens with two attached hydrogens (primary N) is 1. The molecule has 0 fully saturated rings. The third-order valence-electron chi connectivity index (χ3n) is 2.48. The van der Waals surface area contributed by atoms with E-state index in [-0.39, 0.29) is 4.90 Å². The van der Waals surface area contributed by atoms with Gasteiger partial charge in [-0.3, -0.25) is 0 Å². The van der Waals surface area contributed by atoms with Crippen LogP contribution in [0.15, 0.2) is 33.6 Å². The van der Waals surface area contributed by atoms with Gasteiger partial charge in [0.05, 0.1) is 9.92 Å². The molecule has 0 bridgehead atoms. The highest BCUT2D eigenvalue weighted by molar-refractivity contribution is 9.10. The molecule has 2 aromatic carbocycles. The summed E-state index contributed by atoms with van der Waals surface area (Å²) in [5, 5.41) is 7.39. The Hall–Kier alpha value is -0.620. The first-order valence-electron chi connectivity index (χ1n) is 4.71. The molecule has 0 aromatic heterocycles. The average Bonchev–Trinajstić information content (AvgIpc) is 2.18. The van der Waals surface area contributed by atoms with Crippen LogP contribution in [0, 0.1) is 6.92 Å². The average molecular weight is 335 g/mol. The van der Waals surface area contributed by atoms with Crippen LogP contribution in [-0.4, -0.2) is 8.42 Å². The molecule has 0 atom stereocenters. The van der Waals surface area contributed by atoms with Crippen molar-refractivity contribution in [1.82, 2.24) is 0 Å². The number of fused-ring (bicyclic) bond motifs is 1. The van der Waals surface area contributed by atoms with Crippen LogP contribution in [-0.2, 0) is 10.0 Å². The van der Waals surface area contributed by atoms with Gasteiger partial charge in [-0.15, -0.1) is 0 Å². The minimum atomic E-state index is -3.70. The van der Waals surface area contributed by atoms with Crippen molar-refractivity contribution < 1.29 is 8.42 Å². The fourth-order valence-corrected chi connectivity index (χ4v) is 3.03. The Morgan fingerprint density at radius 2 is 1.76 bits per heavy atom. The first-order valence-corrected chi connectivity index (χ1v) is 7.43. The van der Waals surface area contributed by atoms with E-state index in [1.807, 2.05) is 0 Å². The van der Waals surface area contributed by atoms with Crippen molar-refractivity contribution in [1.29, 1.82) is 0 Å². The highest BCUT2D eigenvalue weighted by atomic mass is 79.9. The number of hydrogen-bond acceptors (Lipinski definition) is 2. The largest absolute Gasteiger partial charge is 0.238 e. The normalized spacial score (nSPS) is 12.0. The van der Waals surface area contributed by atoms with Crippen LogP contribution < -0.4 is 5.14 Å². The second kappa shape index (κ2) is 4.24. The maximum absolute atomic E-state index is 11.4. The van der Waals surface area contributed by atoms with Gasteiger partial charge in [-0.2, -0.15) is 0 Å². The van der Waals surface area contributed by atoms with Gasteiger partial charge in [0.2, 0.25) is 10.0 Å². The molecule has 0 heterocycles. The predicted molar refractivity (Wildman–Crippen MR) is 72.8 cm³/mol. The highest BCUT2D eigenvalue weighted by Gasteiger charge is 2.13. The van der Waals surface area contributed by atoms with Crippen molar-refractivity contribution in [3.8, 4) is 0 Å². The molecule has 0 aliphatic heterocycles. The zero-order valence-electron chi connectivity index (χ0n) is 8.87. The van der Waals surface area contributed by atoms with E-state index in [1.165, 1.54) is 0 Å². The monoisotopic (exact) mass is 333 g/mol. The second-order valence-electron chi connectivity index (χ2n) is 3.78. The fraction of sp³-hybridized carbons (Fsp3) is 0.0909. The number of rotatable bonds is 1. The summed E-state index contributed by atoms with van der Waals surface area (Å²) < 4.78 is 23.5. The Morgan fingerprint density at radius 3 is 2.35 bits per heavy atom. The first kappa shape index (κ1) is 12.8. The number of primary sulfonamides is 1. The van der Waals surface area contributed by atoms with Gasteiger partial charge >= 0.3 is 0 Å². The van der Waals surface area contributed by atoms with E-state index in [2.05, 4.69) is 15.9 Å². The van der Waals surface area contributed by atoms with Gasteiger partial charge in [0.25, 0.3) is 0 Å². The molecular weight excluding hydrogens is 326 g/mol. The SMILES string of the molecule is Cc1cc2cc(Cl)c(Br)cc2cc1S(N)(=O)=O. The third-order valence-corrected chi connectivity index (χ3v) is 4.73. The Kier molecular flexibility index (Phi) is 3.20. The smallest absolute Gasteiger partial charge is 0.225 e. The van der Waals surface area contributed by atoms with E-state index in [0.29, 0.717) is 10.6 Å². The van der Waals surface area contributed by atoms with E-state index in [0.717, 1.165) is 15.2 Å². The Balaban J connectivity index is 2.86. The van der Waals surface area contributed by atoms with Crippen LogP contribution in [0.3, 0.4) is 0 Å². The highest BCUT2D eigenvalue weighted by Crippen LogP contribution is 2.30. The minimum absolute atomic E-state index is 0.138. The lowest BCUT2D eigenvalue weighted by Crippen LogP contribution is -2.13. The van der Waals surface area contributed by atoms with Gasteiger partial charge in [-0.25, -0.2) is 13.6 Å². The molecule has 0 aliphatic carbocycles. The molecule has 17 heavy (non-hydrogen) atoms. The molecule has 2 aromatic rings. The molecule has 0 saturated heterocycles. The van der Waals surface area contributed by atoms with Crippen molar-refractivity contribution in [2.45, 2.75) is 11.8 Å². The summed E-state index contributed by atoms with van der Waals surface area (Å²) in [6, 6.07) is 6.86. The Bertz CT molecular complexity index is 713.